The number of amides is 1. The summed E-state index contributed by atoms with van der Waals surface area (Å²) >= 11 is 1.76. The lowest BCUT2D eigenvalue weighted by Crippen LogP contribution is -2.26. The molecule has 25 heavy (non-hydrogen) atoms. The normalized spacial score (nSPS) is 12.2. The second-order valence-electron chi connectivity index (χ2n) is 6.41. The summed E-state index contributed by atoms with van der Waals surface area (Å²) in [5.41, 5.74) is -0.0475. The zero-order valence-corrected chi connectivity index (χ0v) is 15.0. The first kappa shape index (κ1) is 19.4. The largest absolute Gasteiger partial charge is 0.435 e. The van der Waals surface area contributed by atoms with Crippen LogP contribution in [0.2, 0.25) is 0 Å². The van der Waals surface area contributed by atoms with E-state index in [1.54, 1.807) is 36.0 Å². The quantitative estimate of drug-likeness (QED) is 0.803. The molecule has 0 bridgehead atoms. The first-order valence-electron chi connectivity index (χ1n) is 7.72. The van der Waals surface area contributed by atoms with Crippen molar-refractivity contribution in [1.29, 1.82) is 0 Å². The van der Waals surface area contributed by atoms with Crippen LogP contribution in [0.25, 0.3) is 5.69 Å². The van der Waals surface area contributed by atoms with Gasteiger partial charge in [-0.25, -0.2) is 4.68 Å². The van der Waals surface area contributed by atoms with Gasteiger partial charge in [-0.15, -0.1) is 0 Å². The summed E-state index contributed by atoms with van der Waals surface area (Å²) < 4.78 is 39.0. The van der Waals surface area contributed by atoms with E-state index in [4.69, 9.17) is 0 Å². The molecule has 2 rings (SSSR count). The van der Waals surface area contributed by atoms with Crippen molar-refractivity contribution in [3.8, 4) is 5.69 Å². The van der Waals surface area contributed by atoms with Crippen molar-refractivity contribution in [2.45, 2.75) is 31.7 Å². The van der Waals surface area contributed by atoms with Gasteiger partial charge in [0.05, 0.1) is 5.69 Å². The molecule has 0 unspecified atom stereocenters. The van der Waals surface area contributed by atoms with Crippen molar-refractivity contribution in [2.24, 2.45) is 0 Å². The zero-order chi connectivity index (χ0) is 18.7. The van der Waals surface area contributed by atoms with Gasteiger partial charge in [-0.3, -0.25) is 4.79 Å². The minimum atomic E-state index is -4.48. The molecule has 0 aliphatic rings. The van der Waals surface area contributed by atoms with E-state index >= 15 is 0 Å². The molecule has 1 amide bonds. The van der Waals surface area contributed by atoms with Crippen LogP contribution in [0.15, 0.2) is 36.5 Å². The first-order chi connectivity index (χ1) is 11.6. The van der Waals surface area contributed by atoms with Gasteiger partial charge in [0, 0.05) is 28.8 Å². The summed E-state index contributed by atoms with van der Waals surface area (Å²) in [5, 5.41) is 6.32. The SMILES string of the molecule is CC(C)(C)SCCNC(=O)c1ccc(-n2ccc(C(F)(F)F)n2)cc1. The first-order valence-corrected chi connectivity index (χ1v) is 8.70. The van der Waals surface area contributed by atoms with Crippen molar-refractivity contribution < 1.29 is 18.0 Å². The maximum Gasteiger partial charge on any atom is 0.435 e. The molecule has 136 valence electrons. The summed E-state index contributed by atoms with van der Waals surface area (Å²) in [7, 11) is 0. The predicted molar refractivity (Wildman–Crippen MR) is 93.1 cm³/mol. The number of benzene rings is 1. The lowest BCUT2D eigenvalue weighted by molar-refractivity contribution is -0.141. The van der Waals surface area contributed by atoms with Crippen LogP contribution in [0.4, 0.5) is 13.2 Å². The third-order valence-electron chi connectivity index (χ3n) is 3.20. The molecule has 0 fully saturated rings. The van der Waals surface area contributed by atoms with Crippen molar-refractivity contribution in [1.82, 2.24) is 15.1 Å². The van der Waals surface area contributed by atoms with Crippen LogP contribution in [0.1, 0.15) is 36.8 Å². The van der Waals surface area contributed by atoms with Gasteiger partial charge in [0.1, 0.15) is 0 Å². The highest BCUT2D eigenvalue weighted by atomic mass is 32.2. The Labute approximate surface area is 148 Å². The fourth-order valence-electron chi connectivity index (χ4n) is 2.01. The Morgan fingerprint density at radius 3 is 2.32 bits per heavy atom. The van der Waals surface area contributed by atoms with Crippen LogP contribution in [0.3, 0.4) is 0 Å². The maximum atomic E-state index is 12.6. The van der Waals surface area contributed by atoms with Crippen LogP contribution < -0.4 is 5.32 Å². The average Bonchev–Trinajstić information content (AvgIpc) is 3.01. The third-order valence-corrected chi connectivity index (χ3v) is 4.47. The highest BCUT2D eigenvalue weighted by Gasteiger charge is 2.33. The molecule has 0 saturated carbocycles. The van der Waals surface area contributed by atoms with Gasteiger partial charge in [0.2, 0.25) is 0 Å². The monoisotopic (exact) mass is 371 g/mol. The summed E-state index contributed by atoms with van der Waals surface area (Å²) in [5.74, 6) is 0.596. The number of nitrogens with one attached hydrogen (secondary N) is 1. The molecule has 1 aromatic carbocycles. The number of hydrogen-bond donors (Lipinski definition) is 1. The standard InChI is InChI=1S/C17H20F3N3OS/c1-16(2,3)25-11-9-21-15(24)12-4-6-13(7-5-12)23-10-8-14(22-23)17(18,19)20/h4-8,10H,9,11H2,1-3H3,(H,21,24). The second kappa shape index (κ2) is 7.51. The minimum absolute atomic E-state index is 0.144. The number of aromatic nitrogens is 2. The molecule has 0 radical (unpaired) electrons. The molecule has 0 atom stereocenters. The fraction of sp³-hybridized carbons (Fsp3) is 0.412. The van der Waals surface area contributed by atoms with E-state index in [0.717, 1.165) is 16.5 Å². The molecule has 0 aliphatic heterocycles. The number of carbonyl (C=O) groups is 1. The van der Waals surface area contributed by atoms with Gasteiger partial charge in [0.15, 0.2) is 5.69 Å². The highest BCUT2D eigenvalue weighted by Crippen LogP contribution is 2.28. The van der Waals surface area contributed by atoms with E-state index < -0.39 is 11.9 Å². The van der Waals surface area contributed by atoms with E-state index in [0.29, 0.717) is 17.8 Å². The summed E-state index contributed by atoms with van der Waals surface area (Å²) in [6.07, 6.45) is -3.24. The Morgan fingerprint density at radius 2 is 1.80 bits per heavy atom. The van der Waals surface area contributed by atoms with Gasteiger partial charge in [-0.2, -0.15) is 30.0 Å². The van der Waals surface area contributed by atoms with Crippen LogP contribution in [-0.2, 0) is 6.18 Å². The lowest BCUT2D eigenvalue weighted by Gasteiger charge is -2.17. The zero-order valence-electron chi connectivity index (χ0n) is 14.2. The molecule has 1 aromatic heterocycles. The molecule has 1 N–H and O–H groups in total. The topological polar surface area (TPSA) is 46.9 Å². The highest BCUT2D eigenvalue weighted by molar-refractivity contribution is 8.00. The smallest absolute Gasteiger partial charge is 0.351 e. The number of rotatable bonds is 5. The molecular formula is C17H20F3N3OS. The van der Waals surface area contributed by atoms with Crippen LogP contribution in [0.5, 0.6) is 0 Å². The molecule has 0 spiro atoms. The van der Waals surface area contributed by atoms with Crippen molar-refractivity contribution in [3.05, 3.63) is 47.8 Å². The van der Waals surface area contributed by atoms with E-state index in [1.165, 1.54) is 6.20 Å². The van der Waals surface area contributed by atoms with E-state index in [1.807, 2.05) is 0 Å². The average molecular weight is 371 g/mol. The number of hydrogen-bond acceptors (Lipinski definition) is 3. The predicted octanol–water partition coefficient (Wildman–Crippen LogP) is 4.15. The number of nitrogens with zero attached hydrogens (tertiary/aromatic N) is 2. The molecule has 2 aromatic rings. The number of carbonyl (C=O) groups excluding carboxylic acids is 1. The number of alkyl halides is 3. The Balaban J connectivity index is 1.95. The maximum absolute atomic E-state index is 12.6. The minimum Gasteiger partial charge on any atom is -0.351 e. The Bertz CT molecular complexity index is 718. The second-order valence-corrected chi connectivity index (χ2v) is 8.33. The Hall–Kier alpha value is -1.96. The molecular weight excluding hydrogens is 351 g/mol. The van der Waals surface area contributed by atoms with Gasteiger partial charge >= 0.3 is 6.18 Å². The number of halogens is 3. The molecule has 4 nitrogen and oxygen atoms in total. The van der Waals surface area contributed by atoms with E-state index in [-0.39, 0.29) is 10.7 Å². The fourth-order valence-corrected chi connectivity index (χ4v) is 2.82. The summed E-state index contributed by atoms with van der Waals surface area (Å²) in [6.45, 7) is 6.88. The van der Waals surface area contributed by atoms with Gasteiger partial charge in [-0.05, 0) is 30.3 Å². The van der Waals surface area contributed by atoms with E-state index in [9.17, 15) is 18.0 Å². The van der Waals surface area contributed by atoms with E-state index in [2.05, 4.69) is 31.2 Å². The molecule has 0 aliphatic carbocycles. The van der Waals surface area contributed by atoms with Crippen LogP contribution in [0, 0.1) is 0 Å². The molecule has 8 heteroatoms. The van der Waals surface area contributed by atoms with Crippen molar-refractivity contribution in [2.75, 3.05) is 12.3 Å². The van der Waals surface area contributed by atoms with Crippen LogP contribution in [-0.4, -0.2) is 32.7 Å². The number of thioether (sulfide) groups is 1. The Morgan fingerprint density at radius 1 is 1.16 bits per heavy atom. The van der Waals surface area contributed by atoms with Crippen LogP contribution >= 0.6 is 11.8 Å². The molecule has 1 heterocycles. The summed E-state index contributed by atoms with van der Waals surface area (Å²) in [4.78, 5) is 12.1. The summed E-state index contributed by atoms with van der Waals surface area (Å²) in [6, 6.07) is 7.17. The third kappa shape index (κ3) is 5.81. The van der Waals surface area contributed by atoms with Gasteiger partial charge < -0.3 is 5.32 Å². The molecule has 0 saturated heterocycles. The van der Waals surface area contributed by atoms with Gasteiger partial charge in [0.25, 0.3) is 5.91 Å². The van der Waals surface area contributed by atoms with Crippen molar-refractivity contribution in [3.63, 3.8) is 0 Å². The van der Waals surface area contributed by atoms with Gasteiger partial charge in [-0.1, -0.05) is 20.8 Å². The Kier molecular flexibility index (Phi) is 5.82. The van der Waals surface area contributed by atoms with Crippen molar-refractivity contribution >= 4 is 17.7 Å². The lowest BCUT2D eigenvalue weighted by atomic mass is 10.2.